The summed E-state index contributed by atoms with van der Waals surface area (Å²) in [5.74, 6) is 0.331. The molecule has 0 unspecified atom stereocenters. The fourth-order valence-electron chi connectivity index (χ4n) is 4.31. The zero-order valence-corrected chi connectivity index (χ0v) is 13.5. The van der Waals surface area contributed by atoms with Crippen LogP contribution in [0.25, 0.3) is 0 Å². The van der Waals surface area contributed by atoms with Crippen molar-refractivity contribution >= 4 is 5.78 Å². The third-order valence-corrected chi connectivity index (χ3v) is 5.69. The first kappa shape index (κ1) is 14.6. The van der Waals surface area contributed by atoms with Gasteiger partial charge in [-0.2, -0.15) is 0 Å². The predicted molar refractivity (Wildman–Crippen MR) is 92.6 cm³/mol. The van der Waals surface area contributed by atoms with E-state index in [1.54, 1.807) is 0 Å². The minimum atomic E-state index is 0.234. The molecule has 0 N–H and O–H groups in total. The Labute approximate surface area is 138 Å². The number of Topliss-reactive ketones (excluding diaryl/α,β-unsaturated/α-hetero) is 1. The SMILES string of the molecule is O=C1CCC2(CCN(Cc3ccccc3)CC2)c2ccccc21. The van der Waals surface area contributed by atoms with Crippen LogP contribution in [0.2, 0.25) is 0 Å². The Morgan fingerprint density at radius 3 is 2.35 bits per heavy atom. The molecule has 2 aromatic rings. The molecule has 4 rings (SSSR count). The molecule has 2 nitrogen and oxygen atoms in total. The van der Waals surface area contributed by atoms with E-state index < -0.39 is 0 Å². The fourth-order valence-corrected chi connectivity index (χ4v) is 4.31. The van der Waals surface area contributed by atoms with Crippen LogP contribution in [0, 0.1) is 0 Å². The Hall–Kier alpha value is -1.93. The van der Waals surface area contributed by atoms with E-state index >= 15 is 0 Å². The minimum absolute atomic E-state index is 0.234. The van der Waals surface area contributed by atoms with Gasteiger partial charge in [0, 0.05) is 18.5 Å². The number of hydrogen-bond acceptors (Lipinski definition) is 2. The van der Waals surface area contributed by atoms with E-state index in [1.165, 1.54) is 24.0 Å². The molecule has 0 atom stereocenters. The van der Waals surface area contributed by atoms with E-state index in [-0.39, 0.29) is 5.41 Å². The minimum Gasteiger partial charge on any atom is -0.299 e. The van der Waals surface area contributed by atoms with Gasteiger partial charge in [-0.25, -0.2) is 0 Å². The summed E-state index contributed by atoms with van der Waals surface area (Å²) in [4.78, 5) is 14.8. The zero-order chi connectivity index (χ0) is 15.7. The van der Waals surface area contributed by atoms with Crippen molar-refractivity contribution in [2.75, 3.05) is 13.1 Å². The molecule has 0 radical (unpaired) electrons. The second-order valence-electron chi connectivity index (χ2n) is 7.01. The van der Waals surface area contributed by atoms with Gasteiger partial charge in [0.15, 0.2) is 5.78 Å². The van der Waals surface area contributed by atoms with Gasteiger partial charge >= 0.3 is 0 Å². The van der Waals surface area contributed by atoms with Crippen LogP contribution in [0.4, 0.5) is 0 Å². The van der Waals surface area contributed by atoms with Crippen LogP contribution >= 0.6 is 0 Å². The number of carbonyl (C=O) groups excluding carboxylic acids is 1. The molecule has 2 aromatic carbocycles. The third-order valence-electron chi connectivity index (χ3n) is 5.69. The molecule has 2 heteroatoms. The highest BCUT2D eigenvalue weighted by Crippen LogP contribution is 2.44. The molecule has 1 saturated heterocycles. The Balaban J connectivity index is 1.51. The van der Waals surface area contributed by atoms with Crippen molar-refractivity contribution in [1.82, 2.24) is 4.90 Å². The normalized spacial score (nSPS) is 20.4. The van der Waals surface area contributed by atoms with Gasteiger partial charge < -0.3 is 0 Å². The monoisotopic (exact) mass is 305 g/mol. The summed E-state index contributed by atoms with van der Waals surface area (Å²) in [6.45, 7) is 3.28. The van der Waals surface area contributed by atoms with Gasteiger partial charge in [0.05, 0.1) is 0 Å². The van der Waals surface area contributed by atoms with Gasteiger partial charge in [-0.1, -0.05) is 54.6 Å². The summed E-state index contributed by atoms with van der Waals surface area (Å²) in [5.41, 5.74) is 3.92. The second-order valence-corrected chi connectivity index (χ2v) is 7.01. The molecular formula is C21H23NO. The van der Waals surface area contributed by atoms with Crippen molar-refractivity contribution in [3.05, 3.63) is 71.3 Å². The Morgan fingerprint density at radius 1 is 0.870 bits per heavy atom. The van der Waals surface area contributed by atoms with Crippen LogP contribution in [0.5, 0.6) is 0 Å². The molecule has 1 fully saturated rings. The molecule has 2 aliphatic rings. The summed E-state index contributed by atoms with van der Waals surface area (Å²) < 4.78 is 0. The number of likely N-dealkylation sites (tertiary alicyclic amines) is 1. The van der Waals surface area contributed by atoms with Crippen molar-refractivity contribution in [3.63, 3.8) is 0 Å². The van der Waals surface area contributed by atoms with E-state index in [1.807, 2.05) is 12.1 Å². The third kappa shape index (κ3) is 2.72. The molecule has 0 bridgehead atoms. The number of rotatable bonds is 2. The summed E-state index contributed by atoms with van der Waals surface area (Å²) in [6, 6.07) is 19.0. The number of hydrogen-bond donors (Lipinski definition) is 0. The van der Waals surface area contributed by atoms with Crippen molar-refractivity contribution in [2.45, 2.75) is 37.6 Å². The van der Waals surface area contributed by atoms with Crippen LogP contribution in [0.15, 0.2) is 54.6 Å². The quantitative estimate of drug-likeness (QED) is 0.829. The second kappa shape index (κ2) is 5.93. The number of carbonyl (C=O) groups is 1. The molecule has 0 saturated carbocycles. The lowest BCUT2D eigenvalue weighted by Gasteiger charge is -2.45. The predicted octanol–water partition coefficient (Wildman–Crippen LogP) is 4.20. The van der Waals surface area contributed by atoms with Crippen molar-refractivity contribution < 1.29 is 4.79 Å². The van der Waals surface area contributed by atoms with Crippen LogP contribution in [-0.4, -0.2) is 23.8 Å². The topological polar surface area (TPSA) is 20.3 Å². The van der Waals surface area contributed by atoms with Crippen LogP contribution in [-0.2, 0) is 12.0 Å². The lowest BCUT2D eigenvalue weighted by molar-refractivity contribution is 0.0903. The fraction of sp³-hybridized carbons (Fsp3) is 0.381. The summed E-state index contributed by atoms with van der Waals surface area (Å²) in [6.07, 6.45) is 4.09. The van der Waals surface area contributed by atoms with Gasteiger partial charge in [0.25, 0.3) is 0 Å². The Bertz CT molecular complexity index is 699. The van der Waals surface area contributed by atoms with Crippen LogP contribution in [0.3, 0.4) is 0 Å². The lowest BCUT2D eigenvalue weighted by Crippen LogP contribution is -2.44. The molecule has 1 aliphatic heterocycles. The highest BCUT2D eigenvalue weighted by Gasteiger charge is 2.41. The summed E-state index contributed by atoms with van der Waals surface area (Å²) in [7, 11) is 0. The number of nitrogens with zero attached hydrogens (tertiary/aromatic N) is 1. The molecule has 1 spiro atoms. The standard InChI is InChI=1S/C21H23NO/c23-20-10-11-21(19-9-5-4-8-18(19)20)12-14-22(15-13-21)16-17-6-2-1-3-7-17/h1-9H,10-16H2. The molecule has 0 amide bonds. The van der Waals surface area contributed by atoms with Crippen LogP contribution < -0.4 is 0 Å². The van der Waals surface area contributed by atoms with E-state index in [0.717, 1.165) is 38.0 Å². The number of piperidine rings is 1. The van der Waals surface area contributed by atoms with Crippen molar-refractivity contribution in [1.29, 1.82) is 0 Å². The van der Waals surface area contributed by atoms with E-state index in [9.17, 15) is 4.79 Å². The maximum atomic E-state index is 12.2. The lowest BCUT2D eigenvalue weighted by atomic mass is 9.64. The summed E-state index contributed by atoms with van der Waals surface area (Å²) in [5, 5.41) is 0. The summed E-state index contributed by atoms with van der Waals surface area (Å²) >= 11 is 0. The van der Waals surface area contributed by atoms with Gasteiger partial charge in [-0.15, -0.1) is 0 Å². The highest BCUT2D eigenvalue weighted by atomic mass is 16.1. The molecule has 1 aliphatic carbocycles. The van der Waals surface area contributed by atoms with Crippen molar-refractivity contribution in [3.8, 4) is 0 Å². The number of ketones is 1. The number of benzene rings is 2. The average molecular weight is 305 g/mol. The Morgan fingerprint density at radius 2 is 1.57 bits per heavy atom. The molecule has 23 heavy (non-hydrogen) atoms. The maximum Gasteiger partial charge on any atom is 0.163 e. The maximum absolute atomic E-state index is 12.2. The smallest absolute Gasteiger partial charge is 0.163 e. The molecule has 118 valence electrons. The van der Waals surface area contributed by atoms with Gasteiger partial charge in [-0.05, 0) is 48.9 Å². The Kier molecular flexibility index (Phi) is 3.78. The molecule has 0 aromatic heterocycles. The van der Waals surface area contributed by atoms with E-state index in [0.29, 0.717) is 5.78 Å². The first-order valence-corrected chi connectivity index (χ1v) is 8.66. The van der Waals surface area contributed by atoms with Crippen LogP contribution in [0.1, 0.15) is 47.2 Å². The molecule has 1 heterocycles. The van der Waals surface area contributed by atoms with E-state index in [4.69, 9.17) is 0 Å². The average Bonchev–Trinajstić information content (AvgIpc) is 2.62. The number of fused-ring (bicyclic) bond motifs is 2. The largest absolute Gasteiger partial charge is 0.299 e. The zero-order valence-electron chi connectivity index (χ0n) is 13.5. The first-order chi connectivity index (χ1) is 11.3. The van der Waals surface area contributed by atoms with Crippen molar-refractivity contribution in [2.24, 2.45) is 0 Å². The van der Waals surface area contributed by atoms with Gasteiger partial charge in [-0.3, -0.25) is 9.69 Å². The first-order valence-electron chi connectivity index (χ1n) is 8.66. The van der Waals surface area contributed by atoms with E-state index in [2.05, 4.69) is 47.4 Å². The van der Waals surface area contributed by atoms with Gasteiger partial charge in [0.2, 0.25) is 0 Å². The molecular weight excluding hydrogens is 282 g/mol. The highest BCUT2D eigenvalue weighted by molar-refractivity contribution is 5.99. The van der Waals surface area contributed by atoms with Gasteiger partial charge in [0.1, 0.15) is 0 Å².